The van der Waals surface area contributed by atoms with Crippen molar-refractivity contribution in [2.24, 2.45) is 0 Å². The smallest absolute Gasteiger partial charge is 0.306 e. The van der Waals surface area contributed by atoms with E-state index in [1.807, 2.05) is 0 Å². The molecule has 0 spiro atoms. The molecule has 0 aliphatic heterocycles. The zero-order valence-electron chi connectivity index (χ0n) is 10.4. The third-order valence-corrected chi connectivity index (χ3v) is 2.58. The average Bonchev–Trinajstić information content (AvgIpc) is 2.38. The summed E-state index contributed by atoms with van der Waals surface area (Å²) in [7, 11) is 0. The van der Waals surface area contributed by atoms with Gasteiger partial charge in [-0.05, 0) is 31.2 Å². The van der Waals surface area contributed by atoms with E-state index in [1.54, 1.807) is 13.0 Å². The first-order valence-corrected chi connectivity index (χ1v) is 5.64. The molecule has 2 heterocycles. The Hall–Kier alpha value is -2.44. The van der Waals surface area contributed by atoms with Crippen LogP contribution in [0.3, 0.4) is 0 Å². The van der Waals surface area contributed by atoms with E-state index in [9.17, 15) is 18.0 Å². The molecule has 0 aromatic carbocycles. The van der Waals surface area contributed by atoms with E-state index in [0.717, 1.165) is 18.3 Å². The van der Waals surface area contributed by atoms with Crippen LogP contribution in [0.15, 0.2) is 36.7 Å². The molecule has 2 aromatic heterocycles. The molecule has 1 amide bonds. The molecule has 0 fully saturated rings. The van der Waals surface area contributed by atoms with Gasteiger partial charge in [0.15, 0.2) is 0 Å². The Kier molecular flexibility index (Phi) is 3.69. The van der Waals surface area contributed by atoms with Gasteiger partial charge in [-0.2, -0.15) is 13.2 Å². The van der Waals surface area contributed by atoms with Crippen molar-refractivity contribution in [3.05, 3.63) is 53.5 Å². The number of alkyl halides is 3. The van der Waals surface area contributed by atoms with Crippen molar-refractivity contribution >= 4 is 11.7 Å². The van der Waals surface area contributed by atoms with E-state index >= 15 is 0 Å². The van der Waals surface area contributed by atoms with Crippen LogP contribution in [0.4, 0.5) is 19.0 Å². The fourth-order valence-electron chi connectivity index (χ4n) is 1.58. The summed E-state index contributed by atoms with van der Waals surface area (Å²) in [4.78, 5) is 19.6. The molecule has 0 unspecified atom stereocenters. The summed E-state index contributed by atoms with van der Waals surface area (Å²) in [6.07, 6.45) is -1.96. The van der Waals surface area contributed by atoms with E-state index in [2.05, 4.69) is 15.3 Å². The van der Waals surface area contributed by atoms with Crippen molar-refractivity contribution in [3.63, 3.8) is 0 Å². The number of halogens is 3. The van der Waals surface area contributed by atoms with Crippen LogP contribution in [0.25, 0.3) is 0 Å². The zero-order valence-corrected chi connectivity index (χ0v) is 10.4. The maximum atomic E-state index is 12.5. The van der Waals surface area contributed by atoms with Gasteiger partial charge in [0.2, 0.25) is 0 Å². The van der Waals surface area contributed by atoms with Gasteiger partial charge in [0.05, 0.1) is 11.1 Å². The minimum absolute atomic E-state index is 0.159. The van der Waals surface area contributed by atoms with Gasteiger partial charge in [0.25, 0.3) is 5.91 Å². The highest BCUT2D eigenvalue weighted by Gasteiger charge is 2.30. The minimum atomic E-state index is -4.48. The number of anilines is 1. The second-order valence-electron chi connectivity index (χ2n) is 4.02. The number of amides is 1. The van der Waals surface area contributed by atoms with Crippen LogP contribution >= 0.6 is 0 Å². The van der Waals surface area contributed by atoms with Gasteiger partial charge in [-0.15, -0.1) is 0 Å². The standard InChI is InChI=1S/C13H10F3N3O/c1-8-10(3-2-5-17-8)12(20)19-11-7-9(4-6-18-11)13(14,15)16/h2-7H,1H3,(H,18,19,20). The number of hydrogen-bond donors (Lipinski definition) is 1. The van der Waals surface area contributed by atoms with Crippen LogP contribution in [0, 0.1) is 6.92 Å². The third-order valence-electron chi connectivity index (χ3n) is 2.58. The summed E-state index contributed by atoms with van der Waals surface area (Å²) in [5.41, 5.74) is -0.102. The van der Waals surface area contributed by atoms with Gasteiger partial charge in [0.1, 0.15) is 5.82 Å². The van der Waals surface area contributed by atoms with Crippen molar-refractivity contribution < 1.29 is 18.0 Å². The highest BCUT2D eigenvalue weighted by atomic mass is 19.4. The third kappa shape index (κ3) is 3.11. The molecule has 0 atom stereocenters. The SMILES string of the molecule is Cc1ncccc1C(=O)Nc1cc(C(F)(F)F)ccn1. The number of aryl methyl sites for hydroxylation is 1. The lowest BCUT2D eigenvalue weighted by Gasteiger charge is -2.09. The van der Waals surface area contributed by atoms with E-state index in [4.69, 9.17) is 0 Å². The van der Waals surface area contributed by atoms with E-state index in [1.165, 1.54) is 12.3 Å². The number of hydrogen-bond acceptors (Lipinski definition) is 3. The second-order valence-corrected chi connectivity index (χ2v) is 4.02. The first-order chi connectivity index (χ1) is 9.38. The van der Waals surface area contributed by atoms with Gasteiger partial charge in [-0.25, -0.2) is 4.98 Å². The molecule has 0 aliphatic carbocycles. The number of rotatable bonds is 2. The Bertz CT molecular complexity index is 641. The topological polar surface area (TPSA) is 54.9 Å². The lowest BCUT2D eigenvalue weighted by atomic mass is 10.2. The Morgan fingerprint density at radius 1 is 1.20 bits per heavy atom. The summed E-state index contributed by atoms with van der Waals surface area (Å²) < 4.78 is 37.6. The Morgan fingerprint density at radius 3 is 2.60 bits per heavy atom. The minimum Gasteiger partial charge on any atom is -0.306 e. The maximum absolute atomic E-state index is 12.5. The lowest BCUT2D eigenvalue weighted by Crippen LogP contribution is -2.15. The summed E-state index contributed by atoms with van der Waals surface area (Å²) in [5, 5.41) is 2.32. The first kappa shape index (κ1) is 14.0. The Labute approximate surface area is 112 Å². The van der Waals surface area contributed by atoms with E-state index in [-0.39, 0.29) is 11.4 Å². The molecule has 7 heteroatoms. The van der Waals surface area contributed by atoms with Crippen LogP contribution in [0.2, 0.25) is 0 Å². The maximum Gasteiger partial charge on any atom is 0.416 e. The molecule has 1 N–H and O–H groups in total. The van der Waals surface area contributed by atoms with Gasteiger partial charge < -0.3 is 5.32 Å². The molecule has 0 aliphatic rings. The van der Waals surface area contributed by atoms with Gasteiger partial charge in [0, 0.05) is 18.1 Å². The van der Waals surface area contributed by atoms with Crippen LogP contribution in [0.1, 0.15) is 21.6 Å². The summed E-state index contributed by atoms with van der Waals surface area (Å²) >= 11 is 0. The zero-order chi connectivity index (χ0) is 14.8. The number of nitrogens with zero attached hydrogens (tertiary/aromatic N) is 2. The van der Waals surface area contributed by atoms with Gasteiger partial charge >= 0.3 is 6.18 Å². The molecule has 2 rings (SSSR count). The molecule has 0 saturated heterocycles. The molecule has 104 valence electrons. The Balaban J connectivity index is 2.23. The molecule has 2 aromatic rings. The Morgan fingerprint density at radius 2 is 1.95 bits per heavy atom. The monoisotopic (exact) mass is 281 g/mol. The molecular weight excluding hydrogens is 271 g/mol. The largest absolute Gasteiger partial charge is 0.416 e. The van der Waals surface area contributed by atoms with Crippen molar-refractivity contribution in [2.75, 3.05) is 5.32 Å². The predicted molar refractivity (Wildman–Crippen MR) is 66.2 cm³/mol. The molecular formula is C13H10F3N3O. The van der Waals surface area contributed by atoms with E-state index < -0.39 is 17.6 Å². The molecule has 4 nitrogen and oxygen atoms in total. The lowest BCUT2D eigenvalue weighted by molar-refractivity contribution is -0.137. The van der Waals surface area contributed by atoms with Crippen LogP contribution in [-0.4, -0.2) is 15.9 Å². The highest BCUT2D eigenvalue weighted by Crippen LogP contribution is 2.29. The number of aromatic nitrogens is 2. The van der Waals surface area contributed by atoms with Crippen molar-refractivity contribution in [1.82, 2.24) is 9.97 Å². The van der Waals surface area contributed by atoms with Gasteiger partial charge in [-0.1, -0.05) is 0 Å². The van der Waals surface area contributed by atoms with Crippen LogP contribution in [-0.2, 0) is 6.18 Å². The van der Waals surface area contributed by atoms with Gasteiger partial charge in [-0.3, -0.25) is 9.78 Å². The van der Waals surface area contributed by atoms with Crippen molar-refractivity contribution in [1.29, 1.82) is 0 Å². The average molecular weight is 281 g/mol. The molecule has 0 radical (unpaired) electrons. The predicted octanol–water partition coefficient (Wildman–Crippen LogP) is 3.06. The number of nitrogens with one attached hydrogen (secondary N) is 1. The molecule has 0 saturated carbocycles. The van der Waals surface area contributed by atoms with Crippen LogP contribution < -0.4 is 5.32 Å². The summed E-state index contributed by atoms with van der Waals surface area (Å²) in [6.45, 7) is 1.63. The summed E-state index contributed by atoms with van der Waals surface area (Å²) in [5.74, 6) is -0.712. The first-order valence-electron chi connectivity index (χ1n) is 5.64. The van der Waals surface area contributed by atoms with Crippen LogP contribution in [0.5, 0.6) is 0 Å². The number of carbonyl (C=O) groups is 1. The highest BCUT2D eigenvalue weighted by molar-refractivity contribution is 6.04. The quantitative estimate of drug-likeness (QED) is 0.920. The van der Waals surface area contributed by atoms with Crippen molar-refractivity contribution in [2.45, 2.75) is 13.1 Å². The number of carbonyl (C=O) groups excluding carboxylic acids is 1. The molecule has 0 bridgehead atoms. The second kappa shape index (κ2) is 5.28. The normalized spacial score (nSPS) is 11.2. The molecule has 20 heavy (non-hydrogen) atoms. The van der Waals surface area contributed by atoms with E-state index in [0.29, 0.717) is 5.69 Å². The fourth-order valence-corrected chi connectivity index (χ4v) is 1.58. The fraction of sp³-hybridized carbons (Fsp3) is 0.154. The summed E-state index contributed by atoms with van der Waals surface area (Å²) in [6, 6.07) is 4.72. The number of pyridine rings is 2. The van der Waals surface area contributed by atoms with Crippen molar-refractivity contribution in [3.8, 4) is 0 Å².